The molecule has 18 heavy (non-hydrogen) atoms. The molecule has 0 aromatic carbocycles. The summed E-state index contributed by atoms with van der Waals surface area (Å²) in [5, 5.41) is 4.22. The molecule has 2 rings (SSSR count). The van der Waals surface area contributed by atoms with Crippen LogP contribution >= 0.6 is 11.5 Å². The topological polar surface area (TPSA) is 63.8 Å². The third-order valence-electron chi connectivity index (χ3n) is 4.30. The smallest absolute Gasteiger partial charge is 0.0801 e. The lowest BCUT2D eigenvalue weighted by molar-refractivity contribution is 0.177. The number of nitrogens with two attached hydrogens (primary N) is 1. The molecular weight excluding hydrogens is 244 g/mol. The zero-order chi connectivity index (χ0) is 13.0. The molecule has 3 atom stereocenters. The van der Waals surface area contributed by atoms with Gasteiger partial charge in [-0.25, -0.2) is 0 Å². The average molecular weight is 268 g/mol. The number of aryl methyl sites for hydroxylation is 1. The second kappa shape index (κ2) is 6.59. The van der Waals surface area contributed by atoms with Gasteiger partial charge in [-0.05, 0) is 36.2 Å². The van der Waals surface area contributed by atoms with Crippen LogP contribution in [0.25, 0.3) is 0 Å². The van der Waals surface area contributed by atoms with Crippen LogP contribution in [0.1, 0.15) is 62.6 Å². The first kappa shape index (κ1) is 13.9. The second-order valence-electron chi connectivity index (χ2n) is 5.20. The molecule has 1 fully saturated rings. The Hall–Kier alpha value is -0.520. The Labute approximate surface area is 113 Å². The summed E-state index contributed by atoms with van der Waals surface area (Å²) in [6.07, 6.45) is 7.49. The van der Waals surface area contributed by atoms with Crippen molar-refractivity contribution in [3.05, 3.63) is 10.6 Å². The molecule has 1 aliphatic rings. The van der Waals surface area contributed by atoms with Crippen molar-refractivity contribution in [3.63, 3.8) is 0 Å². The SMILES string of the molecule is CCc1nnsc1C(NN)C1CCCCC1CC. The van der Waals surface area contributed by atoms with Crippen molar-refractivity contribution < 1.29 is 0 Å². The zero-order valence-corrected chi connectivity index (χ0v) is 12.2. The fourth-order valence-corrected chi connectivity index (χ4v) is 4.15. The van der Waals surface area contributed by atoms with Gasteiger partial charge in [0, 0.05) is 0 Å². The van der Waals surface area contributed by atoms with Crippen LogP contribution in [-0.4, -0.2) is 9.59 Å². The molecule has 102 valence electrons. The van der Waals surface area contributed by atoms with E-state index in [1.807, 2.05) is 0 Å². The lowest BCUT2D eigenvalue weighted by Crippen LogP contribution is -2.38. The van der Waals surface area contributed by atoms with E-state index in [4.69, 9.17) is 5.84 Å². The van der Waals surface area contributed by atoms with E-state index in [9.17, 15) is 0 Å². The van der Waals surface area contributed by atoms with Crippen molar-refractivity contribution in [2.24, 2.45) is 17.7 Å². The molecule has 0 aliphatic heterocycles. The van der Waals surface area contributed by atoms with E-state index in [1.54, 1.807) is 0 Å². The minimum absolute atomic E-state index is 0.241. The van der Waals surface area contributed by atoms with Crippen molar-refractivity contribution in [2.75, 3.05) is 0 Å². The first-order valence-electron chi connectivity index (χ1n) is 7.09. The van der Waals surface area contributed by atoms with Gasteiger partial charge in [0.1, 0.15) is 0 Å². The van der Waals surface area contributed by atoms with Gasteiger partial charge in [0.2, 0.25) is 0 Å². The van der Waals surface area contributed by atoms with Gasteiger partial charge in [-0.15, -0.1) is 5.10 Å². The predicted octanol–water partition coefficient (Wildman–Crippen LogP) is 2.82. The van der Waals surface area contributed by atoms with E-state index in [-0.39, 0.29) is 6.04 Å². The quantitative estimate of drug-likeness (QED) is 0.636. The van der Waals surface area contributed by atoms with Crippen LogP contribution in [0.4, 0.5) is 0 Å². The number of nitrogens with zero attached hydrogens (tertiary/aromatic N) is 2. The molecule has 1 aromatic heterocycles. The van der Waals surface area contributed by atoms with E-state index in [0.29, 0.717) is 5.92 Å². The molecule has 4 nitrogen and oxygen atoms in total. The van der Waals surface area contributed by atoms with Gasteiger partial charge in [0.15, 0.2) is 0 Å². The molecule has 1 aliphatic carbocycles. The summed E-state index contributed by atoms with van der Waals surface area (Å²) in [6, 6.07) is 0.241. The van der Waals surface area contributed by atoms with E-state index in [2.05, 4.69) is 28.9 Å². The van der Waals surface area contributed by atoms with E-state index >= 15 is 0 Å². The fourth-order valence-electron chi connectivity index (χ4n) is 3.27. The first-order chi connectivity index (χ1) is 8.81. The minimum Gasteiger partial charge on any atom is -0.271 e. The summed E-state index contributed by atoms with van der Waals surface area (Å²) >= 11 is 1.51. The van der Waals surface area contributed by atoms with Crippen molar-refractivity contribution in [1.82, 2.24) is 15.0 Å². The van der Waals surface area contributed by atoms with Crippen LogP contribution < -0.4 is 11.3 Å². The zero-order valence-electron chi connectivity index (χ0n) is 11.4. The Morgan fingerprint density at radius 3 is 2.83 bits per heavy atom. The monoisotopic (exact) mass is 268 g/mol. The highest BCUT2D eigenvalue weighted by Gasteiger charge is 2.33. The normalized spacial score (nSPS) is 26.2. The average Bonchev–Trinajstić information content (AvgIpc) is 2.88. The lowest BCUT2D eigenvalue weighted by atomic mass is 9.73. The maximum absolute atomic E-state index is 5.84. The molecule has 3 N–H and O–H groups in total. The van der Waals surface area contributed by atoms with Gasteiger partial charge < -0.3 is 0 Å². The van der Waals surface area contributed by atoms with E-state index in [1.165, 1.54) is 48.5 Å². The summed E-state index contributed by atoms with van der Waals surface area (Å²) in [7, 11) is 0. The molecule has 0 spiro atoms. The molecule has 0 saturated heterocycles. The van der Waals surface area contributed by atoms with Crippen LogP contribution in [-0.2, 0) is 6.42 Å². The van der Waals surface area contributed by atoms with Gasteiger partial charge >= 0.3 is 0 Å². The molecular formula is C13H24N4S. The van der Waals surface area contributed by atoms with Crippen LogP contribution in [0.15, 0.2) is 0 Å². The molecule has 0 bridgehead atoms. The number of aromatic nitrogens is 2. The summed E-state index contributed by atoms with van der Waals surface area (Å²) in [5.74, 6) is 7.26. The van der Waals surface area contributed by atoms with Crippen molar-refractivity contribution in [1.29, 1.82) is 0 Å². The standard InChI is InChI=1S/C13H24N4S/c1-3-9-7-5-6-8-10(9)12(15-14)13-11(4-2)16-17-18-13/h9-10,12,15H,3-8,14H2,1-2H3. The molecule has 1 aromatic rings. The number of nitrogens with one attached hydrogen (secondary N) is 1. The predicted molar refractivity (Wildman–Crippen MR) is 75.1 cm³/mol. The molecule has 5 heteroatoms. The van der Waals surface area contributed by atoms with E-state index < -0.39 is 0 Å². The lowest BCUT2D eigenvalue weighted by Gasteiger charge is -2.36. The Balaban J connectivity index is 2.21. The largest absolute Gasteiger partial charge is 0.271 e. The molecule has 0 amide bonds. The molecule has 3 unspecified atom stereocenters. The summed E-state index contributed by atoms with van der Waals surface area (Å²) < 4.78 is 4.10. The highest BCUT2D eigenvalue weighted by molar-refractivity contribution is 7.05. The van der Waals surface area contributed by atoms with Crippen molar-refractivity contribution in [3.8, 4) is 0 Å². The molecule has 1 saturated carbocycles. The maximum Gasteiger partial charge on any atom is 0.0801 e. The van der Waals surface area contributed by atoms with Crippen LogP contribution in [0.3, 0.4) is 0 Å². The Morgan fingerprint density at radius 2 is 2.17 bits per heavy atom. The number of hydrogen-bond donors (Lipinski definition) is 2. The molecule has 0 radical (unpaired) electrons. The maximum atomic E-state index is 5.84. The molecule has 1 heterocycles. The first-order valence-corrected chi connectivity index (χ1v) is 7.86. The fraction of sp³-hybridized carbons (Fsp3) is 0.846. The summed E-state index contributed by atoms with van der Waals surface area (Å²) in [5.41, 5.74) is 4.16. The summed E-state index contributed by atoms with van der Waals surface area (Å²) in [6.45, 7) is 4.42. The highest BCUT2D eigenvalue weighted by Crippen LogP contribution is 2.41. The minimum atomic E-state index is 0.241. The Kier molecular flexibility index (Phi) is 5.09. The van der Waals surface area contributed by atoms with Gasteiger partial charge in [-0.3, -0.25) is 11.3 Å². The van der Waals surface area contributed by atoms with Gasteiger partial charge in [-0.2, -0.15) is 0 Å². The van der Waals surface area contributed by atoms with Gasteiger partial charge in [0.25, 0.3) is 0 Å². The summed E-state index contributed by atoms with van der Waals surface area (Å²) in [4.78, 5) is 1.25. The number of hydrogen-bond acceptors (Lipinski definition) is 5. The number of hydrazine groups is 1. The Bertz CT molecular complexity index is 366. The van der Waals surface area contributed by atoms with Crippen LogP contribution in [0.5, 0.6) is 0 Å². The third kappa shape index (κ3) is 2.73. The Morgan fingerprint density at radius 1 is 1.39 bits per heavy atom. The van der Waals surface area contributed by atoms with Gasteiger partial charge in [0.05, 0.1) is 16.6 Å². The third-order valence-corrected chi connectivity index (χ3v) is 5.15. The second-order valence-corrected chi connectivity index (χ2v) is 5.98. The highest BCUT2D eigenvalue weighted by atomic mass is 32.1. The van der Waals surface area contributed by atoms with E-state index in [0.717, 1.165) is 18.0 Å². The van der Waals surface area contributed by atoms with Crippen molar-refractivity contribution in [2.45, 2.75) is 58.4 Å². The van der Waals surface area contributed by atoms with Crippen LogP contribution in [0.2, 0.25) is 0 Å². The van der Waals surface area contributed by atoms with Gasteiger partial charge in [-0.1, -0.05) is 44.0 Å². The van der Waals surface area contributed by atoms with Crippen LogP contribution in [0, 0.1) is 11.8 Å². The van der Waals surface area contributed by atoms with Crippen molar-refractivity contribution >= 4 is 11.5 Å². The number of rotatable bonds is 5.